The third kappa shape index (κ3) is 2.64. The normalized spacial score (nSPS) is 10.4. The summed E-state index contributed by atoms with van der Waals surface area (Å²) >= 11 is 3.36. The van der Waals surface area contributed by atoms with E-state index < -0.39 is 0 Å². The van der Waals surface area contributed by atoms with Crippen molar-refractivity contribution >= 4 is 27.5 Å². The zero-order valence-corrected chi connectivity index (χ0v) is 12.2. The molecular formula is C14H15BrN2O. The topological polar surface area (TPSA) is 34.0 Å². The van der Waals surface area contributed by atoms with Gasteiger partial charge in [-0.25, -0.2) is 0 Å². The Hall–Kier alpha value is -1.55. The van der Waals surface area contributed by atoms with Crippen LogP contribution >= 0.6 is 15.9 Å². The number of halogens is 1. The Labute approximate surface area is 115 Å². The lowest BCUT2D eigenvalue weighted by Crippen LogP contribution is -2.15. The van der Waals surface area contributed by atoms with Gasteiger partial charge in [0.25, 0.3) is 5.91 Å². The maximum atomic E-state index is 12.1. The van der Waals surface area contributed by atoms with Crippen LogP contribution in [0.3, 0.4) is 0 Å². The number of nitrogens with zero attached hydrogens (tertiary/aromatic N) is 1. The number of aryl methyl sites for hydroxylation is 3. The van der Waals surface area contributed by atoms with Gasteiger partial charge in [-0.05, 0) is 59.1 Å². The second-order valence-electron chi connectivity index (χ2n) is 4.41. The summed E-state index contributed by atoms with van der Waals surface area (Å²) in [6.45, 7) is 4.08. The third-order valence-electron chi connectivity index (χ3n) is 2.97. The maximum absolute atomic E-state index is 12.1. The molecule has 94 valence electrons. The predicted molar refractivity (Wildman–Crippen MR) is 77.0 cm³/mol. The van der Waals surface area contributed by atoms with Crippen LogP contribution in [-0.2, 0) is 7.05 Å². The molecule has 0 spiro atoms. The summed E-state index contributed by atoms with van der Waals surface area (Å²) in [6, 6.07) is 7.70. The SMILES string of the molecule is Cc1ccc(NC(=O)c2cc(Br)cn2C)cc1C. The van der Waals surface area contributed by atoms with Crippen molar-refractivity contribution in [2.75, 3.05) is 5.32 Å². The molecule has 0 aliphatic rings. The van der Waals surface area contributed by atoms with Crippen molar-refractivity contribution in [2.45, 2.75) is 13.8 Å². The molecule has 1 aromatic heterocycles. The highest BCUT2D eigenvalue weighted by atomic mass is 79.9. The zero-order valence-electron chi connectivity index (χ0n) is 10.6. The van der Waals surface area contributed by atoms with Crippen LogP contribution in [0.4, 0.5) is 5.69 Å². The van der Waals surface area contributed by atoms with Crippen LogP contribution in [0.15, 0.2) is 34.9 Å². The van der Waals surface area contributed by atoms with Gasteiger partial charge in [0.15, 0.2) is 0 Å². The molecule has 0 radical (unpaired) electrons. The Balaban J connectivity index is 2.21. The molecule has 2 rings (SSSR count). The lowest BCUT2D eigenvalue weighted by atomic mass is 10.1. The summed E-state index contributed by atoms with van der Waals surface area (Å²) in [6.07, 6.45) is 1.86. The molecule has 1 N–H and O–H groups in total. The number of nitrogens with one attached hydrogen (secondary N) is 1. The Bertz CT molecular complexity index is 602. The summed E-state index contributed by atoms with van der Waals surface area (Å²) in [5.74, 6) is -0.105. The second-order valence-corrected chi connectivity index (χ2v) is 5.32. The van der Waals surface area contributed by atoms with Crippen LogP contribution in [0.1, 0.15) is 21.6 Å². The molecule has 0 saturated heterocycles. The first-order valence-corrected chi connectivity index (χ1v) is 6.47. The fourth-order valence-corrected chi connectivity index (χ4v) is 2.29. The fraction of sp³-hybridized carbons (Fsp3) is 0.214. The van der Waals surface area contributed by atoms with Crippen molar-refractivity contribution in [2.24, 2.45) is 7.05 Å². The van der Waals surface area contributed by atoms with Gasteiger partial charge >= 0.3 is 0 Å². The number of amides is 1. The maximum Gasteiger partial charge on any atom is 0.272 e. The largest absolute Gasteiger partial charge is 0.345 e. The Morgan fingerprint density at radius 3 is 2.50 bits per heavy atom. The van der Waals surface area contributed by atoms with E-state index in [4.69, 9.17) is 0 Å². The van der Waals surface area contributed by atoms with Gasteiger partial charge in [0, 0.05) is 23.4 Å². The smallest absolute Gasteiger partial charge is 0.272 e. The Kier molecular flexibility index (Phi) is 3.57. The summed E-state index contributed by atoms with van der Waals surface area (Å²) in [5.41, 5.74) is 3.83. The molecule has 0 unspecified atom stereocenters. The quantitative estimate of drug-likeness (QED) is 0.902. The van der Waals surface area contributed by atoms with E-state index in [0.29, 0.717) is 5.69 Å². The number of hydrogen-bond acceptors (Lipinski definition) is 1. The van der Waals surface area contributed by atoms with Gasteiger partial charge < -0.3 is 9.88 Å². The van der Waals surface area contributed by atoms with Crippen molar-refractivity contribution in [3.63, 3.8) is 0 Å². The van der Waals surface area contributed by atoms with Crippen molar-refractivity contribution in [3.05, 3.63) is 51.8 Å². The monoisotopic (exact) mass is 306 g/mol. The van der Waals surface area contributed by atoms with Gasteiger partial charge in [-0.2, -0.15) is 0 Å². The molecule has 0 atom stereocenters. The number of hydrogen-bond donors (Lipinski definition) is 1. The van der Waals surface area contributed by atoms with Crippen LogP contribution < -0.4 is 5.32 Å². The van der Waals surface area contributed by atoms with Gasteiger partial charge in [-0.3, -0.25) is 4.79 Å². The molecule has 0 aliphatic heterocycles. The van der Waals surface area contributed by atoms with Crippen LogP contribution in [0.5, 0.6) is 0 Å². The minimum absolute atomic E-state index is 0.105. The van der Waals surface area contributed by atoms with E-state index in [1.54, 1.807) is 10.6 Å². The lowest BCUT2D eigenvalue weighted by Gasteiger charge is -2.08. The molecule has 0 bridgehead atoms. The second kappa shape index (κ2) is 4.98. The summed E-state index contributed by atoms with van der Waals surface area (Å²) < 4.78 is 2.69. The fourth-order valence-electron chi connectivity index (χ4n) is 1.76. The van der Waals surface area contributed by atoms with Gasteiger partial charge in [-0.1, -0.05) is 6.07 Å². The molecule has 0 aliphatic carbocycles. The zero-order chi connectivity index (χ0) is 13.3. The number of aromatic nitrogens is 1. The van der Waals surface area contributed by atoms with Crippen LogP contribution in [0, 0.1) is 13.8 Å². The van der Waals surface area contributed by atoms with Gasteiger partial charge in [0.1, 0.15) is 5.69 Å². The van der Waals surface area contributed by atoms with Crippen molar-refractivity contribution in [3.8, 4) is 0 Å². The van der Waals surface area contributed by atoms with Crippen LogP contribution in [-0.4, -0.2) is 10.5 Å². The van der Waals surface area contributed by atoms with E-state index in [2.05, 4.69) is 28.2 Å². The third-order valence-corrected chi connectivity index (χ3v) is 3.40. The average molecular weight is 307 g/mol. The first-order chi connectivity index (χ1) is 8.47. The summed E-state index contributed by atoms with van der Waals surface area (Å²) in [4.78, 5) is 12.1. The minimum Gasteiger partial charge on any atom is -0.345 e. The molecule has 1 amide bonds. The van der Waals surface area contributed by atoms with Crippen LogP contribution in [0.25, 0.3) is 0 Å². The van der Waals surface area contributed by atoms with E-state index >= 15 is 0 Å². The standard InChI is InChI=1S/C14H15BrN2O/c1-9-4-5-12(6-10(9)2)16-14(18)13-7-11(15)8-17(13)3/h4-8H,1-3H3,(H,16,18). The van der Waals surface area contributed by atoms with Gasteiger partial charge in [0.2, 0.25) is 0 Å². The molecule has 1 heterocycles. The van der Waals surface area contributed by atoms with Crippen LogP contribution in [0.2, 0.25) is 0 Å². The summed E-state index contributed by atoms with van der Waals surface area (Å²) in [5, 5.41) is 2.90. The van der Waals surface area contributed by atoms with Crippen molar-refractivity contribution in [1.82, 2.24) is 4.57 Å². The van der Waals surface area contributed by atoms with Gasteiger partial charge in [0.05, 0.1) is 0 Å². The molecule has 1 aromatic carbocycles. The molecule has 18 heavy (non-hydrogen) atoms. The van der Waals surface area contributed by atoms with E-state index in [1.165, 1.54) is 11.1 Å². The van der Waals surface area contributed by atoms with Crippen molar-refractivity contribution < 1.29 is 4.79 Å². The molecule has 2 aromatic rings. The molecule has 4 heteroatoms. The number of carbonyl (C=O) groups is 1. The van der Waals surface area contributed by atoms with Crippen molar-refractivity contribution in [1.29, 1.82) is 0 Å². The molecule has 0 saturated carbocycles. The molecule has 0 fully saturated rings. The molecular weight excluding hydrogens is 292 g/mol. The van der Waals surface area contributed by atoms with E-state index in [0.717, 1.165) is 10.2 Å². The minimum atomic E-state index is -0.105. The van der Waals surface area contributed by atoms with E-state index in [9.17, 15) is 4.79 Å². The Morgan fingerprint density at radius 1 is 1.22 bits per heavy atom. The highest BCUT2D eigenvalue weighted by Crippen LogP contribution is 2.17. The van der Waals surface area contributed by atoms with E-state index in [1.807, 2.05) is 38.4 Å². The first-order valence-electron chi connectivity index (χ1n) is 5.68. The highest BCUT2D eigenvalue weighted by molar-refractivity contribution is 9.10. The lowest BCUT2D eigenvalue weighted by molar-refractivity contribution is 0.101. The number of anilines is 1. The molecule has 3 nitrogen and oxygen atoms in total. The predicted octanol–water partition coefficient (Wildman–Crippen LogP) is 3.66. The number of carbonyl (C=O) groups excluding carboxylic acids is 1. The van der Waals surface area contributed by atoms with Gasteiger partial charge in [-0.15, -0.1) is 0 Å². The number of rotatable bonds is 2. The average Bonchev–Trinajstić information content (AvgIpc) is 2.63. The number of benzene rings is 1. The summed E-state index contributed by atoms with van der Waals surface area (Å²) in [7, 11) is 1.85. The Morgan fingerprint density at radius 2 is 1.94 bits per heavy atom. The highest BCUT2D eigenvalue weighted by Gasteiger charge is 2.11. The van der Waals surface area contributed by atoms with E-state index in [-0.39, 0.29) is 5.91 Å². The first kappa shape index (κ1) is 12.9.